The second-order valence-electron chi connectivity index (χ2n) is 3.64. The van der Waals surface area contributed by atoms with Crippen molar-refractivity contribution in [3.05, 3.63) is 0 Å². The molecule has 0 aromatic rings. The molecule has 0 fully saturated rings. The average molecular weight is 175 g/mol. The highest BCUT2D eigenvalue weighted by molar-refractivity contribution is 5.67. The molecule has 0 heterocycles. The van der Waals surface area contributed by atoms with E-state index in [2.05, 4.69) is 11.1 Å². The van der Waals surface area contributed by atoms with Crippen molar-refractivity contribution in [3.63, 3.8) is 0 Å². The summed E-state index contributed by atoms with van der Waals surface area (Å²) in [7, 11) is 0. The van der Waals surface area contributed by atoms with Crippen LogP contribution in [0.4, 0.5) is 4.79 Å². The molecule has 0 aliphatic rings. The molecule has 0 aromatic carbocycles. The minimum absolute atomic E-state index is 0.351. The Hall–Kier alpha value is -0.770. The third-order valence-electron chi connectivity index (χ3n) is 1.09. The number of nitrogens with one attached hydrogen (secondary N) is 1. The molecule has 72 valence electrons. The van der Waals surface area contributed by atoms with Gasteiger partial charge in [0.15, 0.2) is 0 Å². The molecule has 0 saturated carbocycles. The molecule has 4 N–H and O–H groups in total. The largest absolute Gasteiger partial charge is 0.444 e. The van der Waals surface area contributed by atoms with Gasteiger partial charge in [0.25, 0.3) is 0 Å². The standard InChI is InChI=1S/C8H18N2O2/c1-8(2,3)12-7(11)10-6-4-5-9/h4-6,9H2,1-3H3,(H,10,11)/p+1. The smallest absolute Gasteiger partial charge is 0.407 e. The van der Waals surface area contributed by atoms with Gasteiger partial charge in [-0.1, -0.05) is 0 Å². The van der Waals surface area contributed by atoms with Gasteiger partial charge in [-0.3, -0.25) is 0 Å². The number of ether oxygens (including phenoxy) is 1. The number of hydrogen-bond donors (Lipinski definition) is 2. The summed E-state index contributed by atoms with van der Waals surface area (Å²) in [4.78, 5) is 11.0. The van der Waals surface area contributed by atoms with E-state index in [0.717, 1.165) is 13.0 Å². The van der Waals surface area contributed by atoms with E-state index in [0.29, 0.717) is 6.54 Å². The topological polar surface area (TPSA) is 66.0 Å². The van der Waals surface area contributed by atoms with E-state index in [1.807, 2.05) is 20.8 Å². The van der Waals surface area contributed by atoms with Crippen molar-refractivity contribution in [2.24, 2.45) is 0 Å². The summed E-state index contributed by atoms with van der Waals surface area (Å²) in [5, 5.41) is 2.64. The van der Waals surface area contributed by atoms with Gasteiger partial charge in [0, 0.05) is 13.0 Å². The molecule has 0 rings (SSSR count). The average Bonchev–Trinajstić information content (AvgIpc) is 1.84. The van der Waals surface area contributed by atoms with Gasteiger partial charge in [0.2, 0.25) is 0 Å². The number of alkyl carbamates (subject to hydrolysis) is 1. The van der Waals surface area contributed by atoms with Crippen LogP contribution in [0.15, 0.2) is 0 Å². The lowest BCUT2D eigenvalue weighted by molar-refractivity contribution is -0.367. The third-order valence-corrected chi connectivity index (χ3v) is 1.09. The van der Waals surface area contributed by atoms with Gasteiger partial charge in [-0.2, -0.15) is 0 Å². The summed E-state index contributed by atoms with van der Waals surface area (Å²) < 4.78 is 5.01. The summed E-state index contributed by atoms with van der Waals surface area (Å²) in [5.74, 6) is 0. The molecule has 4 nitrogen and oxygen atoms in total. The summed E-state index contributed by atoms with van der Waals surface area (Å²) in [6, 6.07) is 0. The van der Waals surface area contributed by atoms with Gasteiger partial charge in [-0.05, 0) is 20.8 Å². The van der Waals surface area contributed by atoms with Crippen molar-refractivity contribution < 1.29 is 15.3 Å². The monoisotopic (exact) mass is 175 g/mol. The Bertz CT molecular complexity index is 140. The number of rotatable bonds is 3. The maximum Gasteiger partial charge on any atom is 0.407 e. The van der Waals surface area contributed by atoms with Gasteiger partial charge in [-0.25, -0.2) is 4.79 Å². The fraction of sp³-hybridized carbons (Fsp3) is 0.875. The SMILES string of the molecule is CC(C)(C)OC(=O)NCCC[NH3+]. The van der Waals surface area contributed by atoms with Gasteiger partial charge >= 0.3 is 6.09 Å². The molecule has 1 amide bonds. The van der Waals surface area contributed by atoms with E-state index < -0.39 is 5.60 Å². The number of amides is 1. The molecular formula is C8H19N2O2+. The quantitative estimate of drug-likeness (QED) is 0.599. The lowest BCUT2D eigenvalue weighted by Gasteiger charge is -2.19. The number of carbonyl (C=O) groups excluding carboxylic acids is 1. The van der Waals surface area contributed by atoms with Crippen LogP contribution in [0.1, 0.15) is 27.2 Å². The van der Waals surface area contributed by atoms with Crippen LogP contribution in [0, 0.1) is 0 Å². The Morgan fingerprint density at radius 2 is 2.08 bits per heavy atom. The van der Waals surface area contributed by atoms with Gasteiger partial charge in [0.1, 0.15) is 5.60 Å². The number of hydrogen-bond acceptors (Lipinski definition) is 2. The van der Waals surface area contributed by atoms with Crippen molar-refractivity contribution in [1.29, 1.82) is 0 Å². The van der Waals surface area contributed by atoms with Crippen LogP contribution in [0.2, 0.25) is 0 Å². The predicted octanol–water partition coefficient (Wildman–Crippen LogP) is 0.143. The molecule has 0 atom stereocenters. The van der Waals surface area contributed by atoms with E-state index >= 15 is 0 Å². The Balaban J connectivity index is 3.47. The van der Waals surface area contributed by atoms with E-state index in [9.17, 15) is 4.79 Å². The van der Waals surface area contributed by atoms with Gasteiger partial charge in [-0.15, -0.1) is 0 Å². The van der Waals surface area contributed by atoms with Crippen molar-refractivity contribution in [3.8, 4) is 0 Å². The molecule has 0 saturated heterocycles. The first kappa shape index (κ1) is 11.2. The van der Waals surface area contributed by atoms with Crippen LogP contribution in [-0.4, -0.2) is 24.8 Å². The molecule has 0 radical (unpaired) electrons. The molecule has 0 aliphatic heterocycles. The number of quaternary nitrogens is 1. The molecule has 0 bridgehead atoms. The fourth-order valence-electron chi connectivity index (χ4n) is 0.630. The minimum atomic E-state index is -0.408. The molecule has 0 spiro atoms. The third kappa shape index (κ3) is 7.34. The zero-order valence-electron chi connectivity index (χ0n) is 8.14. The lowest BCUT2D eigenvalue weighted by Crippen LogP contribution is -2.51. The Morgan fingerprint density at radius 1 is 1.50 bits per heavy atom. The fourth-order valence-corrected chi connectivity index (χ4v) is 0.630. The zero-order valence-corrected chi connectivity index (χ0v) is 8.14. The summed E-state index contributed by atoms with van der Waals surface area (Å²) in [6.45, 7) is 6.99. The van der Waals surface area contributed by atoms with Crippen LogP contribution in [0.25, 0.3) is 0 Å². The van der Waals surface area contributed by atoms with Crippen LogP contribution < -0.4 is 11.1 Å². The molecule has 0 unspecified atom stereocenters. The van der Waals surface area contributed by atoms with E-state index in [1.54, 1.807) is 0 Å². The van der Waals surface area contributed by atoms with E-state index in [-0.39, 0.29) is 6.09 Å². The Morgan fingerprint density at radius 3 is 2.50 bits per heavy atom. The second kappa shape index (κ2) is 4.98. The van der Waals surface area contributed by atoms with Crippen molar-refractivity contribution in [2.45, 2.75) is 32.8 Å². The highest BCUT2D eigenvalue weighted by atomic mass is 16.6. The van der Waals surface area contributed by atoms with E-state index in [4.69, 9.17) is 4.74 Å². The first-order valence-electron chi connectivity index (χ1n) is 4.22. The molecule has 4 heteroatoms. The molecule has 12 heavy (non-hydrogen) atoms. The molecule has 0 aliphatic carbocycles. The second-order valence-corrected chi connectivity index (χ2v) is 3.64. The first-order chi connectivity index (χ1) is 5.45. The van der Waals surface area contributed by atoms with Gasteiger partial charge < -0.3 is 15.8 Å². The molecular weight excluding hydrogens is 156 g/mol. The lowest BCUT2D eigenvalue weighted by atomic mass is 10.2. The Kier molecular flexibility index (Phi) is 4.66. The predicted molar refractivity (Wildman–Crippen MR) is 46.6 cm³/mol. The normalized spacial score (nSPS) is 11.0. The first-order valence-corrected chi connectivity index (χ1v) is 4.22. The van der Waals surface area contributed by atoms with Crippen molar-refractivity contribution >= 4 is 6.09 Å². The summed E-state index contributed by atoms with van der Waals surface area (Å²) >= 11 is 0. The van der Waals surface area contributed by atoms with Crippen LogP contribution >= 0.6 is 0 Å². The Labute approximate surface area is 73.5 Å². The minimum Gasteiger partial charge on any atom is -0.444 e. The van der Waals surface area contributed by atoms with Crippen LogP contribution in [-0.2, 0) is 4.74 Å². The molecule has 0 aromatic heterocycles. The van der Waals surface area contributed by atoms with E-state index in [1.165, 1.54) is 0 Å². The maximum atomic E-state index is 11.0. The van der Waals surface area contributed by atoms with Gasteiger partial charge in [0.05, 0.1) is 6.54 Å². The van der Waals surface area contributed by atoms with Crippen LogP contribution in [0.3, 0.4) is 0 Å². The summed E-state index contributed by atoms with van der Waals surface area (Å²) in [6.07, 6.45) is 0.537. The zero-order chi connectivity index (χ0) is 9.61. The van der Waals surface area contributed by atoms with Crippen molar-refractivity contribution in [2.75, 3.05) is 13.1 Å². The maximum absolute atomic E-state index is 11.0. The highest BCUT2D eigenvalue weighted by Gasteiger charge is 2.15. The highest BCUT2D eigenvalue weighted by Crippen LogP contribution is 2.05. The van der Waals surface area contributed by atoms with Crippen LogP contribution in [0.5, 0.6) is 0 Å². The van der Waals surface area contributed by atoms with Crippen molar-refractivity contribution in [1.82, 2.24) is 5.32 Å². The number of carbonyl (C=O) groups is 1. The summed E-state index contributed by atoms with van der Waals surface area (Å²) in [5.41, 5.74) is 3.26.